The summed E-state index contributed by atoms with van der Waals surface area (Å²) in [4.78, 5) is 10.8. The van der Waals surface area contributed by atoms with Crippen molar-refractivity contribution in [2.45, 2.75) is 42.7 Å². The standard InChI is InChI=1S/C28H24O9/c29-11-3-4-16-5-8-22-23(12-16)35-27(17-6-7-19(31)20(32)13-17)28(34,37-22)26(9-1-2-10-26)25-21(33)14-18(30)15-24(25)36-27/h3-8,11-15,30-34H,1-2,9-10H2/b4-3+. The quantitative estimate of drug-likeness (QED) is 0.203. The number of rotatable bonds is 3. The molecule has 1 aliphatic carbocycles. The summed E-state index contributed by atoms with van der Waals surface area (Å²) in [6, 6.07) is 11.3. The fourth-order valence-electron chi connectivity index (χ4n) is 5.98. The summed E-state index contributed by atoms with van der Waals surface area (Å²) < 4.78 is 19.2. The first kappa shape index (κ1) is 23.1. The third-order valence-corrected chi connectivity index (χ3v) is 7.55. The zero-order chi connectivity index (χ0) is 26.0. The number of aldehydes is 1. The van der Waals surface area contributed by atoms with Gasteiger partial charge in [0.15, 0.2) is 23.0 Å². The zero-order valence-corrected chi connectivity index (χ0v) is 19.5. The highest BCUT2D eigenvalue weighted by molar-refractivity contribution is 5.74. The highest BCUT2D eigenvalue weighted by Crippen LogP contribution is 2.66. The Kier molecular flexibility index (Phi) is 4.87. The summed E-state index contributed by atoms with van der Waals surface area (Å²) in [6.07, 6.45) is 5.77. The van der Waals surface area contributed by atoms with Gasteiger partial charge in [-0.3, -0.25) is 4.79 Å². The van der Waals surface area contributed by atoms with Crippen molar-refractivity contribution in [1.29, 1.82) is 0 Å². The molecule has 2 heterocycles. The number of allylic oxidation sites excluding steroid dienone is 1. The van der Waals surface area contributed by atoms with E-state index >= 15 is 0 Å². The van der Waals surface area contributed by atoms with Gasteiger partial charge in [0, 0.05) is 23.3 Å². The van der Waals surface area contributed by atoms with Crippen LogP contribution in [0, 0.1) is 0 Å². The van der Waals surface area contributed by atoms with Gasteiger partial charge < -0.3 is 39.7 Å². The monoisotopic (exact) mass is 504 g/mol. The van der Waals surface area contributed by atoms with E-state index in [0.717, 1.165) is 0 Å². The van der Waals surface area contributed by atoms with Gasteiger partial charge in [-0.1, -0.05) is 25.0 Å². The van der Waals surface area contributed by atoms with E-state index in [1.165, 1.54) is 36.4 Å². The number of phenolic OH excluding ortho intramolecular Hbond substituents is 4. The molecule has 1 fully saturated rings. The molecule has 2 unspecified atom stereocenters. The fourth-order valence-corrected chi connectivity index (χ4v) is 5.98. The Bertz CT molecular complexity index is 1460. The summed E-state index contributed by atoms with van der Waals surface area (Å²) in [7, 11) is 0. The average Bonchev–Trinajstić information content (AvgIpc) is 3.35. The molecule has 3 aliphatic rings. The topological polar surface area (TPSA) is 146 Å². The second-order valence-electron chi connectivity index (χ2n) is 9.60. The molecule has 1 saturated carbocycles. The van der Waals surface area contributed by atoms with E-state index in [9.17, 15) is 30.3 Å². The highest BCUT2D eigenvalue weighted by Gasteiger charge is 2.76. The van der Waals surface area contributed by atoms with Crippen molar-refractivity contribution in [3.05, 3.63) is 71.3 Å². The Balaban J connectivity index is 1.67. The molecule has 1 spiro atoms. The summed E-state index contributed by atoms with van der Waals surface area (Å²) in [5.74, 6) is -5.27. The van der Waals surface area contributed by atoms with Crippen molar-refractivity contribution in [2.75, 3.05) is 0 Å². The molecule has 5 N–H and O–H groups in total. The first-order valence-electron chi connectivity index (χ1n) is 11.9. The predicted octanol–water partition coefficient (Wildman–Crippen LogP) is 3.94. The zero-order valence-electron chi connectivity index (χ0n) is 19.5. The number of hydrogen-bond donors (Lipinski definition) is 5. The van der Waals surface area contributed by atoms with Crippen molar-refractivity contribution in [1.82, 2.24) is 0 Å². The van der Waals surface area contributed by atoms with E-state index in [-0.39, 0.29) is 40.1 Å². The second kappa shape index (κ2) is 7.81. The van der Waals surface area contributed by atoms with Gasteiger partial charge in [0.05, 0.1) is 5.41 Å². The van der Waals surface area contributed by atoms with Crippen LogP contribution in [0.15, 0.2) is 54.6 Å². The van der Waals surface area contributed by atoms with Gasteiger partial charge in [-0.25, -0.2) is 0 Å². The van der Waals surface area contributed by atoms with Crippen LogP contribution < -0.4 is 14.2 Å². The van der Waals surface area contributed by atoms with Crippen molar-refractivity contribution in [3.63, 3.8) is 0 Å². The van der Waals surface area contributed by atoms with Gasteiger partial charge in [0.1, 0.15) is 23.5 Å². The van der Waals surface area contributed by atoms with Crippen LogP contribution in [-0.4, -0.2) is 37.6 Å². The molecule has 9 nitrogen and oxygen atoms in total. The molecule has 37 heavy (non-hydrogen) atoms. The summed E-state index contributed by atoms with van der Waals surface area (Å²) in [5.41, 5.74) is -0.184. The van der Waals surface area contributed by atoms with Gasteiger partial charge in [-0.2, -0.15) is 0 Å². The number of hydrogen-bond acceptors (Lipinski definition) is 9. The van der Waals surface area contributed by atoms with Gasteiger partial charge >= 0.3 is 11.6 Å². The molecule has 0 aromatic heterocycles. The van der Waals surface area contributed by atoms with Crippen LogP contribution in [0.25, 0.3) is 6.08 Å². The summed E-state index contributed by atoms with van der Waals surface area (Å²) in [6.45, 7) is 0. The molecule has 9 heteroatoms. The van der Waals surface area contributed by atoms with E-state index in [2.05, 4.69) is 0 Å². The van der Waals surface area contributed by atoms with Crippen molar-refractivity contribution in [2.24, 2.45) is 0 Å². The number of benzene rings is 3. The minimum Gasteiger partial charge on any atom is -0.508 e. The fraction of sp³-hybridized carbons (Fsp3) is 0.250. The van der Waals surface area contributed by atoms with Crippen LogP contribution >= 0.6 is 0 Å². The van der Waals surface area contributed by atoms with Crippen LogP contribution in [0.5, 0.6) is 40.2 Å². The molecule has 3 aromatic carbocycles. The number of carbonyl (C=O) groups is 1. The number of phenols is 4. The molecule has 6 rings (SSSR count). The Labute approximate surface area is 211 Å². The lowest BCUT2D eigenvalue weighted by Crippen LogP contribution is -2.74. The Morgan fingerprint density at radius 3 is 2.24 bits per heavy atom. The van der Waals surface area contributed by atoms with E-state index in [0.29, 0.717) is 43.1 Å². The van der Waals surface area contributed by atoms with Gasteiger partial charge in [-0.05, 0) is 54.8 Å². The minimum absolute atomic E-state index is 0.0840. The normalized spacial score (nSPS) is 24.9. The first-order valence-corrected chi connectivity index (χ1v) is 11.9. The molecular formula is C28H24O9. The largest absolute Gasteiger partial charge is 0.508 e. The van der Waals surface area contributed by atoms with Gasteiger partial charge in [0.25, 0.3) is 0 Å². The maximum atomic E-state index is 12.7. The average molecular weight is 504 g/mol. The molecule has 0 radical (unpaired) electrons. The number of carbonyl (C=O) groups excluding carboxylic acids is 1. The van der Waals surface area contributed by atoms with Crippen molar-refractivity contribution < 1.29 is 44.5 Å². The van der Waals surface area contributed by atoms with E-state index in [4.69, 9.17) is 14.2 Å². The lowest BCUT2D eigenvalue weighted by atomic mass is 9.64. The van der Waals surface area contributed by atoms with Crippen LogP contribution in [0.1, 0.15) is 42.4 Å². The van der Waals surface area contributed by atoms with Crippen LogP contribution in [0.4, 0.5) is 0 Å². The molecule has 0 amide bonds. The molecule has 0 saturated heterocycles. The Hall–Kier alpha value is -4.37. The molecule has 2 atom stereocenters. The third-order valence-electron chi connectivity index (χ3n) is 7.55. The van der Waals surface area contributed by atoms with E-state index < -0.39 is 22.7 Å². The maximum absolute atomic E-state index is 12.7. The van der Waals surface area contributed by atoms with Gasteiger partial charge in [0.2, 0.25) is 0 Å². The smallest absolute Gasteiger partial charge is 0.346 e. The van der Waals surface area contributed by atoms with Crippen LogP contribution in [0.2, 0.25) is 0 Å². The molecule has 190 valence electrons. The third kappa shape index (κ3) is 3.04. The molecule has 2 aliphatic heterocycles. The number of aliphatic hydroxyl groups is 1. The Morgan fingerprint density at radius 1 is 0.757 bits per heavy atom. The first-order chi connectivity index (χ1) is 17.7. The number of ether oxygens (including phenoxy) is 3. The lowest BCUT2D eigenvalue weighted by molar-refractivity contribution is -0.377. The lowest BCUT2D eigenvalue weighted by Gasteiger charge is -2.58. The van der Waals surface area contributed by atoms with Crippen molar-refractivity contribution >= 4 is 12.4 Å². The molecular weight excluding hydrogens is 480 g/mol. The second-order valence-corrected chi connectivity index (χ2v) is 9.60. The van der Waals surface area contributed by atoms with Gasteiger partial charge in [-0.15, -0.1) is 0 Å². The SMILES string of the molecule is O=C/C=C/c1ccc2c(c1)OC1(c3ccc(O)c(O)c3)Oc3cc(O)cc(O)c3C3(CCCC3)C1(O)O2. The summed E-state index contributed by atoms with van der Waals surface area (Å²) >= 11 is 0. The van der Waals surface area contributed by atoms with Crippen molar-refractivity contribution in [3.8, 4) is 40.2 Å². The minimum atomic E-state index is -2.26. The highest BCUT2D eigenvalue weighted by atomic mass is 16.8. The maximum Gasteiger partial charge on any atom is 0.346 e. The number of aromatic hydroxyl groups is 4. The molecule has 3 aromatic rings. The predicted molar refractivity (Wildman–Crippen MR) is 130 cm³/mol. The van der Waals surface area contributed by atoms with E-state index in [1.54, 1.807) is 24.3 Å². The summed E-state index contributed by atoms with van der Waals surface area (Å²) in [5, 5.41) is 54.3. The van der Waals surface area contributed by atoms with E-state index in [1.807, 2.05) is 0 Å². The molecule has 0 bridgehead atoms. The Morgan fingerprint density at radius 2 is 1.51 bits per heavy atom. The number of fused-ring (bicyclic) bond motifs is 5. The van der Waals surface area contributed by atoms with Crippen LogP contribution in [-0.2, 0) is 16.0 Å². The van der Waals surface area contributed by atoms with Crippen LogP contribution in [0.3, 0.4) is 0 Å².